The Labute approximate surface area is 190 Å². The Hall–Kier alpha value is -3.24. The van der Waals surface area contributed by atoms with Crippen molar-refractivity contribution >= 4 is 28.3 Å². The monoisotopic (exact) mass is 454 g/mol. The minimum absolute atomic E-state index is 0.392. The summed E-state index contributed by atoms with van der Waals surface area (Å²) in [6.45, 7) is 8.55. The number of morpholine rings is 1. The maximum Gasteiger partial charge on any atom is 0.281 e. The first-order chi connectivity index (χ1) is 15.5. The van der Waals surface area contributed by atoms with Crippen molar-refractivity contribution in [2.24, 2.45) is 0 Å². The van der Waals surface area contributed by atoms with Crippen molar-refractivity contribution in [3.8, 4) is 5.69 Å². The summed E-state index contributed by atoms with van der Waals surface area (Å²) < 4.78 is 7.12. The predicted molar refractivity (Wildman–Crippen MR) is 122 cm³/mol. The second-order valence-corrected chi connectivity index (χ2v) is 8.50. The number of hydrogen-bond acceptors (Lipinski definition) is 7. The average molecular weight is 455 g/mol. The Kier molecular flexibility index (Phi) is 6.52. The van der Waals surface area contributed by atoms with Crippen LogP contribution in [0.4, 0.5) is 5.13 Å². The van der Waals surface area contributed by atoms with E-state index in [1.165, 1.54) is 17.5 Å². The van der Waals surface area contributed by atoms with Gasteiger partial charge < -0.3 is 9.64 Å². The van der Waals surface area contributed by atoms with E-state index in [0.29, 0.717) is 35.8 Å². The number of benzene rings is 1. The molecule has 1 fully saturated rings. The molecule has 10 heteroatoms. The zero-order valence-corrected chi connectivity index (χ0v) is 19.2. The number of hydrazine groups is 1. The van der Waals surface area contributed by atoms with Crippen LogP contribution >= 0.6 is 11.3 Å². The summed E-state index contributed by atoms with van der Waals surface area (Å²) in [5.41, 5.74) is 8.87. The molecule has 1 aromatic carbocycles. The minimum atomic E-state index is -0.413. The lowest BCUT2D eigenvalue weighted by atomic mass is 10.2. The first kappa shape index (κ1) is 22.0. The average Bonchev–Trinajstić information content (AvgIpc) is 3.42. The molecule has 9 nitrogen and oxygen atoms in total. The Bertz CT molecular complexity index is 1120. The summed E-state index contributed by atoms with van der Waals surface area (Å²) in [4.78, 5) is 32.6. The van der Waals surface area contributed by atoms with Gasteiger partial charge in [-0.25, -0.2) is 9.67 Å². The van der Waals surface area contributed by atoms with Crippen LogP contribution < -0.4 is 15.8 Å². The van der Waals surface area contributed by atoms with Gasteiger partial charge in [-0.05, 0) is 32.4 Å². The summed E-state index contributed by atoms with van der Waals surface area (Å²) in [7, 11) is 0. The summed E-state index contributed by atoms with van der Waals surface area (Å²) in [6.07, 6.45) is 2.14. The van der Waals surface area contributed by atoms with Gasteiger partial charge in [0.25, 0.3) is 11.8 Å². The van der Waals surface area contributed by atoms with Gasteiger partial charge in [0, 0.05) is 13.1 Å². The van der Waals surface area contributed by atoms with E-state index in [1.807, 2.05) is 38.1 Å². The summed E-state index contributed by atoms with van der Waals surface area (Å²) >= 11 is 1.31. The molecule has 0 radical (unpaired) electrons. The third kappa shape index (κ3) is 4.51. The number of carbonyl (C=O) groups is 2. The number of thiazole rings is 1. The normalized spacial score (nSPS) is 13.8. The molecule has 32 heavy (non-hydrogen) atoms. The molecule has 0 unspecified atom stereocenters. The van der Waals surface area contributed by atoms with Crippen molar-refractivity contribution in [3.05, 3.63) is 57.9 Å². The summed E-state index contributed by atoms with van der Waals surface area (Å²) in [5, 5.41) is 5.17. The number of ether oxygens (including phenoxy) is 1. The van der Waals surface area contributed by atoms with Gasteiger partial charge in [0.1, 0.15) is 4.88 Å². The van der Waals surface area contributed by atoms with Gasteiger partial charge >= 0.3 is 0 Å². The molecule has 1 aliphatic rings. The molecule has 1 aliphatic heterocycles. The van der Waals surface area contributed by atoms with Crippen LogP contribution in [0, 0.1) is 13.8 Å². The number of carbonyl (C=O) groups excluding carboxylic acids is 2. The molecule has 0 saturated carbocycles. The number of aryl methyl sites for hydroxylation is 2. The highest BCUT2D eigenvalue weighted by Crippen LogP contribution is 2.26. The van der Waals surface area contributed by atoms with E-state index < -0.39 is 11.8 Å². The number of nitrogens with one attached hydrogen (secondary N) is 2. The number of amides is 2. The number of rotatable bonds is 5. The fourth-order valence-electron chi connectivity index (χ4n) is 3.53. The Morgan fingerprint density at radius 2 is 1.78 bits per heavy atom. The fraction of sp³-hybridized carbons (Fsp3) is 0.364. The standard InChI is InChI=1S/C22H26N6O3S/c1-4-18-17(13-23-28(18)16-7-5-14(2)6-8-16)20(29)25-26-21(30)19-15(3)24-22(32-19)27-9-11-31-12-10-27/h5-8,13H,4,9-12H2,1-3H3,(H,25,29)(H,26,30). The lowest BCUT2D eigenvalue weighted by molar-refractivity contribution is 0.0848. The second-order valence-electron chi connectivity index (χ2n) is 7.52. The van der Waals surface area contributed by atoms with Crippen LogP contribution in [0.5, 0.6) is 0 Å². The van der Waals surface area contributed by atoms with E-state index in [-0.39, 0.29) is 0 Å². The van der Waals surface area contributed by atoms with Crippen LogP contribution in [0.15, 0.2) is 30.5 Å². The van der Waals surface area contributed by atoms with Gasteiger partial charge in [-0.2, -0.15) is 5.10 Å². The zero-order chi connectivity index (χ0) is 22.7. The van der Waals surface area contributed by atoms with Crippen molar-refractivity contribution < 1.29 is 14.3 Å². The quantitative estimate of drug-likeness (QED) is 0.574. The zero-order valence-electron chi connectivity index (χ0n) is 18.3. The molecule has 0 atom stereocenters. The third-order valence-corrected chi connectivity index (χ3v) is 6.51. The van der Waals surface area contributed by atoms with Crippen molar-refractivity contribution in [1.82, 2.24) is 25.6 Å². The molecule has 3 aromatic rings. The van der Waals surface area contributed by atoms with Gasteiger partial charge in [-0.1, -0.05) is 36.0 Å². The van der Waals surface area contributed by atoms with E-state index in [9.17, 15) is 9.59 Å². The number of nitrogens with zero attached hydrogens (tertiary/aromatic N) is 4. The molecule has 0 bridgehead atoms. The largest absolute Gasteiger partial charge is 0.378 e. The number of aromatic nitrogens is 3. The fourth-order valence-corrected chi connectivity index (χ4v) is 4.55. The highest BCUT2D eigenvalue weighted by molar-refractivity contribution is 7.17. The predicted octanol–water partition coefficient (Wildman–Crippen LogP) is 2.42. The first-order valence-electron chi connectivity index (χ1n) is 10.5. The first-order valence-corrected chi connectivity index (χ1v) is 11.3. The molecule has 4 rings (SSSR count). The van der Waals surface area contributed by atoms with Gasteiger partial charge in [0.2, 0.25) is 0 Å². The SMILES string of the molecule is CCc1c(C(=O)NNC(=O)c2sc(N3CCOCC3)nc2C)cnn1-c1ccc(C)cc1. The van der Waals surface area contributed by atoms with Crippen LogP contribution in [0.2, 0.25) is 0 Å². The van der Waals surface area contributed by atoms with Crippen LogP contribution in [-0.4, -0.2) is 52.9 Å². The molecule has 3 heterocycles. The Morgan fingerprint density at radius 3 is 2.47 bits per heavy atom. The van der Waals surface area contributed by atoms with Crippen molar-refractivity contribution in [2.45, 2.75) is 27.2 Å². The topological polar surface area (TPSA) is 101 Å². The lowest BCUT2D eigenvalue weighted by Gasteiger charge is -2.25. The Balaban J connectivity index is 1.44. The molecule has 168 valence electrons. The second kappa shape index (κ2) is 9.49. The van der Waals surface area contributed by atoms with Gasteiger partial charge in [0.15, 0.2) is 5.13 Å². The van der Waals surface area contributed by atoms with Gasteiger partial charge in [-0.15, -0.1) is 0 Å². The summed E-state index contributed by atoms with van der Waals surface area (Å²) in [6, 6.07) is 7.92. The molecule has 2 amide bonds. The molecule has 2 N–H and O–H groups in total. The lowest BCUT2D eigenvalue weighted by Crippen LogP contribution is -2.41. The van der Waals surface area contributed by atoms with Gasteiger partial charge in [0.05, 0.1) is 42.0 Å². The highest BCUT2D eigenvalue weighted by Gasteiger charge is 2.22. The van der Waals surface area contributed by atoms with Crippen LogP contribution in [-0.2, 0) is 11.2 Å². The van der Waals surface area contributed by atoms with Crippen LogP contribution in [0.3, 0.4) is 0 Å². The van der Waals surface area contributed by atoms with Crippen LogP contribution in [0.1, 0.15) is 43.9 Å². The van der Waals surface area contributed by atoms with E-state index >= 15 is 0 Å². The highest BCUT2D eigenvalue weighted by atomic mass is 32.1. The van der Waals surface area contributed by atoms with E-state index in [4.69, 9.17) is 4.74 Å². The molecule has 2 aromatic heterocycles. The van der Waals surface area contributed by atoms with Crippen molar-refractivity contribution in [3.63, 3.8) is 0 Å². The molecular weight excluding hydrogens is 428 g/mol. The third-order valence-electron chi connectivity index (χ3n) is 5.29. The number of anilines is 1. The molecule has 1 saturated heterocycles. The van der Waals surface area contributed by atoms with Crippen molar-refractivity contribution in [2.75, 3.05) is 31.2 Å². The summed E-state index contributed by atoms with van der Waals surface area (Å²) in [5.74, 6) is -0.805. The Morgan fingerprint density at radius 1 is 1.09 bits per heavy atom. The molecule has 0 aliphatic carbocycles. The van der Waals surface area contributed by atoms with Crippen LogP contribution in [0.25, 0.3) is 5.69 Å². The van der Waals surface area contributed by atoms with E-state index in [2.05, 4.69) is 25.8 Å². The smallest absolute Gasteiger partial charge is 0.281 e. The molecule has 0 spiro atoms. The van der Waals surface area contributed by atoms with Gasteiger partial charge in [-0.3, -0.25) is 20.4 Å². The van der Waals surface area contributed by atoms with E-state index in [0.717, 1.165) is 35.2 Å². The molecular formula is C22H26N6O3S. The van der Waals surface area contributed by atoms with Crippen molar-refractivity contribution in [1.29, 1.82) is 0 Å². The maximum atomic E-state index is 12.8. The van der Waals surface area contributed by atoms with E-state index in [1.54, 1.807) is 11.6 Å². The number of hydrogen-bond donors (Lipinski definition) is 2. The minimum Gasteiger partial charge on any atom is -0.378 e. The maximum absolute atomic E-state index is 12.8.